The minimum atomic E-state index is -0.0577. The number of aryl methyl sites for hydroxylation is 1. The maximum atomic E-state index is 12.3. The summed E-state index contributed by atoms with van der Waals surface area (Å²) in [6.07, 6.45) is 1.75. The van der Waals surface area contributed by atoms with Gasteiger partial charge in [-0.2, -0.15) is 5.10 Å². The molecule has 6 heteroatoms. The topological polar surface area (TPSA) is 60.2 Å². The zero-order valence-electron chi connectivity index (χ0n) is 13.0. The highest BCUT2D eigenvalue weighted by Crippen LogP contribution is 2.26. The van der Waals surface area contributed by atoms with Crippen molar-refractivity contribution in [3.8, 4) is 0 Å². The monoisotopic (exact) mass is 334 g/mol. The lowest BCUT2D eigenvalue weighted by molar-refractivity contribution is 0.950. The van der Waals surface area contributed by atoms with Gasteiger partial charge in [-0.25, -0.2) is 4.98 Å². The highest BCUT2D eigenvalue weighted by atomic mass is 32.2. The standard InChI is InChI=1S/C18H14N4OS/c1-12-5-4-8-16-20-14(9-17(23)22(12)16)11-24-18-15-7-3-2-6-13(15)10-19-21-18/h2-10H,11H2,1H3. The first-order chi connectivity index (χ1) is 11.7. The largest absolute Gasteiger partial charge is 0.269 e. The van der Waals surface area contributed by atoms with Crippen LogP contribution in [0.15, 0.2) is 64.5 Å². The molecule has 0 aliphatic rings. The summed E-state index contributed by atoms with van der Waals surface area (Å²) in [6.45, 7) is 1.90. The van der Waals surface area contributed by atoms with Crippen molar-refractivity contribution < 1.29 is 0 Å². The molecule has 4 rings (SSSR count). The van der Waals surface area contributed by atoms with Crippen LogP contribution in [0.1, 0.15) is 11.4 Å². The summed E-state index contributed by atoms with van der Waals surface area (Å²) in [6, 6.07) is 15.2. The van der Waals surface area contributed by atoms with Gasteiger partial charge in [-0.3, -0.25) is 9.20 Å². The Balaban J connectivity index is 1.69. The molecule has 0 radical (unpaired) electrons. The molecule has 0 saturated carbocycles. The molecule has 24 heavy (non-hydrogen) atoms. The predicted molar refractivity (Wildman–Crippen MR) is 95.3 cm³/mol. The van der Waals surface area contributed by atoms with Gasteiger partial charge in [-0.15, -0.1) is 5.10 Å². The third kappa shape index (κ3) is 2.65. The fraction of sp³-hybridized carbons (Fsp3) is 0.111. The fourth-order valence-corrected chi connectivity index (χ4v) is 3.57. The van der Waals surface area contributed by atoms with Gasteiger partial charge in [0, 0.05) is 28.3 Å². The summed E-state index contributed by atoms with van der Waals surface area (Å²) in [5, 5.41) is 11.2. The third-order valence-corrected chi connectivity index (χ3v) is 4.84. The van der Waals surface area contributed by atoms with Gasteiger partial charge in [0.05, 0.1) is 11.9 Å². The molecule has 118 valence electrons. The van der Waals surface area contributed by atoms with E-state index in [1.165, 1.54) is 0 Å². The molecule has 1 aromatic carbocycles. The van der Waals surface area contributed by atoms with Crippen LogP contribution in [0.5, 0.6) is 0 Å². The number of rotatable bonds is 3. The van der Waals surface area contributed by atoms with Crippen LogP contribution in [0.3, 0.4) is 0 Å². The molecule has 0 fully saturated rings. The molecule has 0 atom stereocenters. The summed E-state index contributed by atoms with van der Waals surface area (Å²) < 4.78 is 1.62. The number of thioether (sulfide) groups is 1. The molecule has 0 aliphatic heterocycles. The van der Waals surface area contributed by atoms with E-state index >= 15 is 0 Å². The Kier molecular flexibility index (Phi) is 3.74. The Morgan fingerprint density at radius 3 is 2.92 bits per heavy atom. The van der Waals surface area contributed by atoms with E-state index in [2.05, 4.69) is 15.2 Å². The Hall–Kier alpha value is -2.73. The van der Waals surface area contributed by atoms with E-state index in [1.807, 2.05) is 49.4 Å². The van der Waals surface area contributed by atoms with E-state index < -0.39 is 0 Å². The maximum absolute atomic E-state index is 12.3. The average Bonchev–Trinajstić information content (AvgIpc) is 2.59. The normalized spacial score (nSPS) is 11.2. The Labute approximate surface area is 142 Å². The van der Waals surface area contributed by atoms with Crippen LogP contribution in [0.4, 0.5) is 0 Å². The highest BCUT2D eigenvalue weighted by molar-refractivity contribution is 7.98. The zero-order valence-corrected chi connectivity index (χ0v) is 13.8. The lowest BCUT2D eigenvalue weighted by atomic mass is 10.2. The predicted octanol–water partition coefficient (Wildman–Crippen LogP) is 3.24. The fourth-order valence-electron chi connectivity index (χ4n) is 2.69. The van der Waals surface area contributed by atoms with Gasteiger partial charge in [0.1, 0.15) is 10.7 Å². The molecule has 0 N–H and O–H groups in total. The van der Waals surface area contributed by atoms with E-state index in [4.69, 9.17) is 0 Å². The molecule has 4 aromatic rings. The highest BCUT2D eigenvalue weighted by Gasteiger charge is 2.08. The minimum absolute atomic E-state index is 0.0577. The smallest absolute Gasteiger partial charge is 0.258 e. The molecule has 5 nitrogen and oxygen atoms in total. The molecule has 0 spiro atoms. The van der Waals surface area contributed by atoms with E-state index in [1.54, 1.807) is 28.4 Å². The van der Waals surface area contributed by atoms with Crippen molar-refractivity contribution in [3.63, 3.8) is 0 Å². The summed E-state index contributed by atoms with van der Waals surface area (Å²) in [5.41, 5.74) is 2.23. The van der Waals surface area contributed by atoms with E-state index in [0.29, 0.717) is 11.4 Å². The Morgan fingerprint density at radius 1 is 1.12 bits per heavy atom. The summed E-state index contributed by atoms with van der Waals surface area (Å²) in [5.74, 6) is 0.572. The summed E-state index contributed by atoms with van der Waals surface area (Å²) in [7, 11) is 0. The van der Waals surface area contributed by atoms with Gasteiger partial charge in [0.25, 0.3) is 5.56 Å². The van der Waals surface area contributed by atoms with Gasteiger partial charge in [0.15, 0.2) is 0 Å². The van der Waals surface area contributed by atoms with Gasteiger partial charge in [-0.05, 0) is 19.1 Å². The average molecular weight is 334 g/mol. The molecular formula is C18H14N4OS. The number of fused-ring (bicyclic) bond motifs is 2. The molecule has 0 amide bonds. The van der Waals surface area contributed by atoms with Gasteiger partial charge >= 0.3 is 0 Å². The molecular weight excluding hydrogens is 320 g/mol. The Morgan fingerprint density at radius 2 is 2.00 bits per heavy atom. The SMILES string of the molecule is Cc1cccc2nc(CSc3nncc4ccccc34)cc(=O)n12. The van der Waals surface area contributed by atoms with Crippen LogP contribution in [0.2, 0.25) is 0 Å². The number of benzene rings is 1. The molecule has 0 bridgehead atoms. The second kappa shape index (κ2) is 6.05. The van der Waals surface area contributed by atoms with Crippen molar-refractivity contribution in [2.75, 3.05) is 0 Å². The van der Waals surface area contributed by atoms with Crippen LogP contribution in [0.25, 0.3) is 16.4 Å². The minimum Gasteiger partial charge on any atom is -0.269 e. The number of nitrogens with zero attached hydrogens (tertiary/aromatic N) is 4. The van der Waals surface area contributed by atoms with E-state index in [9.17, 15) is 4.79 Å². The first-order valence-corrected chi connectivity index (χ1v) is 8.52. The van der Waals surface area contributed by atoms with E-state index in [-0.39, 0.29) is 5.56 Å². The van der Waals surface area contributed by atoms with Gasteiger partial charge < -0.3 is 0 Å². The van der Waals surface area contributed by atoms with Crippen molar-refractivity contribution in [1.29, 1.82) is 0 Å². The Bertz CT molecular complexity index is 1100. The van der Waals surface area contributed by atoms with Crippen molar-refractivity contribution in [3.05, 3.63) is 76.5 Å². The van der Waals surface area contributed by atoms with Crippen molar-refractivity contribution in [1.82, 2.24) is 19.6 Å². The van der Waals surface area contributed by atoms with Crippen LogP contribution in [-0.2, 0) is 5.75 Å². The van der Waals surface area contributed by atoms with Gasteiger partial charge in [0.2, 0.25) is 0 Å². The van der Waals surface area contributed by atoms with Gasteiger partial charge in [-0.1, -0.05) is 42.1 Å². The third-order valence-electron chi connectivity index (χ3n) is 3.83. The molecule has 3 aromatic heterocycles. The maximum Gasteiger partial charge on any atom is 0.258 e. The number of aromatic nitrogens is 4. The second-order valence-electron chi connectivity index (χ2n) is 5.47. The van der Waals surface area contributed by atoms with Crippen LogP contribution >= 0.6 is 11.8 Å². The lowest BCUT2D eigenvalue weighted by Gasteiger charge is -2.07. The molecule has 0 aliphatic carbocycles. The molecule has 0 unspecified atom stereocenters. The van der Waals surface area contributed by atoms with Crippen LogP contribution in [0, 0.1) is 6.92 Å². The summed E-state index contributed by atoms with van der Waals surface area (Å²) >= 11 is 1.54. The lowest BCUT2D eigenvalue weighted by Crippen LogP contribution is -2.17. The van der Waals surface area contributed by atoms with Crippen LogP contribution in [-0.4, -0.2) is 19.6 Å². The van der Waals surface area contributed by atoms with Crippen LogP contribution < -0.4 is 5.56 Å². The quantitative estimate of drug-likeness (QED) is 0.538. The summed E-state index contributed by atoms with van der Waals surface area (Å²) in [4.78, 5) is 16.9. The second-order valence-corrected chi connectivity index (χ2v) is 6.44. The van der Waals surface area contributed by atoms with Crippen molar-refractivity contribution >= 4 is 28.2 Å². The van der Waals surface area contributed by atoms with Crippen molar-refractivity contribution in [2.45, 2.75) is 17.7 Å². The number of pyridine rings is 1. The molecule has 0 saturated heterocycles. The zero-order chi connectivity index (χ0) is 16.5. The van der Waals surface area contributed by atoms with Crippen molar-refractivity contribution in [2.24, 2.45) is 0 Å². The number of hydrogen-bond acceptors (Lipinski definition) is 5. The number of hydrogen-bond donors (Lipinski definition) is 0. The van der Waals surface area contributed by atoms with E-state index in [0.717, 1.165) is 27.2 Å². The first-order valence-electron chi connectivity index (χ1n) is 7.54. The first kappa shape index (κ1) is 14.8. The molecule has 3 heterocycles.